The molecule has 16 heavy (non-hydrogen) atoms. The third kappa shape index (κ3) is 1.18. The van der Waals surface area contributed by atoms with Crippen LogP contribution in [0.25, 0.3) is 23.0 Å². The standard InChI is InChI=1S/C5H5N11/c6-5-7-1(3-9-13-14-10-3)2(8-5)4-11-15-16-12-4/h(H3,6,7,8)(H,9,10,13,14)(H,11,12,15,16). The van der Waals surface area contributed by atoms with Crippen molar-refractivity contribution in [2.45, 2.75) is 0 Å². The largest absolute Gasteiger partial charge is 0.369 e. The fraction of sp³-hybridized carbons (Fsp3) is 0. The van der Waals surface area contributed by atoms with E-state index in [1.807, 2.05) is 0 Å². The van der Waals surface area contributed by atoms with Gasteiger partial charge in [-0.1, -0.05) is 0 Å². The van der Waals surface area contributed by atoms with Crippen LogP contribution in [0.2, 0.25) is 0 Å². The average molecular weight is 219 g/mol. The molecule has 0 atom stereocenters. The Labute approximate surface area is 86.9 Å². The van der Waals surface area contributed by atoms with Crippen molar-refractivity contribution in [2.75, 3.05) is 5.73 Å². The smallest absolute Gasteiger partial charge is 0.225 e. The number of nitrogen functional groups attached to an aromatic ring is 1. The van der Waals surface area contributed by atoms with Crippen molar-refractivity contribution in [3.63, 3.8) is 0 Å². The van der Waals surface area contributed by atoms with Gasteiger partial charge in [-0.3, -0.25) is 0 Å². The topological polar surface area (TPSA) is 164 Å². The van der Waals surface area contributed by atoms with E-state index in [2.05, 4.69) is 51.2 Å². The molecule has 0 bridgehead atoms. The minimum Gasteiger partial charge on any atom is -0.369 e. The number of anilines is 1. The summed E-state index contributed by atoms with van der Waals surface area (Å²) in [5.74, 6) is 0.830. The van der Waals surface area contributed by atoms with Crippen LogP contribution in [0.15, 0.2) is 0 Å². The number of hydrogen-bond acceptors (Lipinski definition) is 8. The fourth-order valence-corrected chi connectivity index (χ4v) is 1.25. The summed E-state index contributed by atoms with van der Waals surface area (Å²) in [4.78, 5) is 6.82. The third-order valence-electron chi connectivity index (χ3n) is 1.85. The van der Waals surface area contributed by atoms with E-state index in [4.69, 9.17) is 5.73 Å². The maximum Gasteiger partial charge on any atom is 0.225 e. The Morgan fingerprint density at radius 2 is 1.62 bits per heavy atom. The number of aromatic amines is 3. The predicted molar refractivity (Wildman–Crippen MR) is 49.3 cm³/mol. The molecule has 0 aliphatic heterocycles. The van der Waals surface area contributed by atoms with Gasteiger partial charge >= 0.3 is 0 Å². The van der Waals surface area contributed by atoms with E-state index in [1.165, 1.54) is 0 Å². The Morgan fingerprint density at radius 1 is 0.938 bits per heavy atom. The molecule has 3 aromatic heterocycles. The highest BCUT2D eigenvalue weighted by atomic mass is 15.5. The summed E-state index contributed by atoms with van der Waals surface area (Å²) < 4.78 is 0. The summed E-state index contributed by atoms with van der Waals surface area (Å²) in [6.45, 7) is 0. The molecular weight excluding hydrogens is 214 g/mol. The molecule has 3 rings (SSSR count). The van der Waals surface area contributed by atoms with Gasteiger partial charge in [-0.05, 0) is 10.4 Å². The SMILES string of the molecule is Nc1nc(-c2nn[nH]n2)c(-c2nn[nH]n2)[nH]1. The van der Waals surface area contributed by atoms with Crippen molar-refractivity contribution in [1.82, 2.24) is 51.2 Å². The number of hydrogen-bond donors (Lipinski definition) is 4. The summed E-state index contributed by atoms with van der Waals surface area (Å²) >= 11 is 0. The molecule has 0 spiro atoms. The van der Waals surface area contributed by atoms with Crippen LogP contribution >= 0.6 is 0 Å². The summed E-state index contributed by atoms with van der Waals surface area (Å²) in [6, 6.07) is 0. The van der Waals surface area contributed by atoms with E-state index in [-0.39, 0.29) is 5.95 Å². The molecule has 0 amide bonds. The van der Waals surface area contributed by atoms with Gasteiger partial charge < -0.3 is 10.7 Å². The van der Waals surface area contributed by atoms with Crippen LogP contribution in [0.1, 0.15) is 0 Å². The quantitative estimate of drug-likeness (QED) is 0.398. The number of aromatic nitrogens is 10. The van der Waals surface area contributed by atoms with Gasteiger partial charge in [0.1, 0.15) is 11.4 Å². The first kappa shape index (κ1) is 8.46. The van der Waals surface area contributed by atoms with Crippen molar-refractivity contribution in [3.8, 4) is 23.0 Å². The summed E-state index contributed by atoms with van der Waals surface area (Å²) in [7, 11) is 0. The predicted octanol–water partition coefficient (Wildman–Crippen LogP) is -1.65. The van der Waals surface area contributed by atoms with Crippen LogP contribution in [-0.4, -0.2) is 51.2 Å². The van der Waals surface area contributed by atoms with Crippen LogP contribution in [0.3, 0.4) is 0 Å². The van der Waals surface area contributed by atoms with Gasteiger partial charge in [0.2, 0.25) is 11.6 Å². The zero-order valence-electron chi connectivity index (χ0n) is 7.71. The van der Waals surface area contributed by atoms with Crippen LogP contribution in [-0.2, 0) is 0 Å². The molecule has 11 nitrogen and oxygen atoms in total. The van der Waals surface area contributed by atoms with Crippen molar-refractivity contribution in [1.29, 1.82) is 0 Å². The van der Waals surface area contributed by atoms with Crippen molar-refractivity contribution in [3.05, 3.63) is 0 Å². The lowest BCUT2D eigenvalue weighted by Crippen LogP contribution is -1.88. The first-order chi connectivity index (χ1) is 7.84. The Bertz CT molecular complexity index is 522. The van der Waals surface area contributed by atoms with E-state index in [9.17, 15) is 0 Å². The van der Waals surface area contributed by atoms with E-state index in [0.29, 0.717) is 23.0 Å². The molecule has 0 fully saturated rings. The lowest BCUT2D eigenvalue weighted by Gasteiger charge is -1.90. The second kappa shape index (κ2) is 3.08. The van der Waals surface area contributed by atoms with Crippen LogP contribution in [0.5, 0.6) is 0 Å². The van der Waals surface area contributed by atoms with Gasteiger partial charge in [0, 0.05) is 0 Å². The maximum absolute atomic E-state index is 5.55. The first-order valence-corrected chi connectivity index (χ1v) is 4.17. The third-order valence-corrected chi connectivity index (χ3v) is 1.85. The Balaban J connectivity index is 2.19. The molecule has 0 unspecified atom stereocenters. The van der Waals surface area contributed by atoms with E-state index in [1.54, 1.807) is 0 Å². The molecule has 0 saturated carbocycles. The van der Waals surface area contributed by atoms with Crippen LogP contribution < -0.4 is 5.73 Å². The highest BCUT2D eigenvalue weighted by Gasteiger charge is 2.19. The molecule has 0 saturated heterocycles. The minimum absolute atomic E-state index is 0.208. The van der Waals surface area contributed by atoms with Crippen LogP contribution in [0, 0.1) is 0 Å². The molecule has 0 aromatic carbocycles. The maximum atomic E-state index is 5.55. The summed E-state index contributed by atoms with van der Waals surface area (Å²) in [6.07, 6.45) is 0. The first-order valence-electron chi connectivity index (χ1n) is 4.17. The molecule has 0 aliphatic carbocycles. The van der Waals surface area contributed by atoms with Gasteiger partial charge in [-0.15, -0.1) is 20.4 Å². The Kier molecular flexibility index (Phi) is 1.63. The van der Waals surface area contributed by atoms with Gasteiger partial charge in [0.05, 0.1) is 0 Å². The second-order valence-corrected chi connectivity index (χ2v) is 2.82. The molecule has 5 N–H and O–H groups in total. The van der Waals surface area contributed by atoms with Crippen LogP contribution in [0.4, 0.5) is 5.95 Å². The van der Waals surface area contributed by atoms with Gasteiger partial charge in [0.15, 0.2) is 5.95 Å². The van der Waals surface area contributed by atoms with E-state index in [0.717, 1.165) is 0 Å². The molecule has 11 heteroatoms. The Hall–Kier alpha value is -2.85. The highest BCUT2D eigenvalue weighted by Crippen LogP contribution is 2.24. The number of nitrogens with zero attached hydrogens (tertiary/aromatic N) is 7. The lowest BCUT2D eigenvalue weighted by molar-refractivity contribution is 0.881. The lowest BCUT2D eigenvalue weighted by atomic mass is 10.3. The molecule has 3 heterocycles. The molecule has 3 aromatic rings. The summed E-state index contributed by atoms with van der Waals surface area (Å²) in [5, 5.41) is 26.7. The van der Waals surface area contributed by atoms with Gasteiger partial charge in [-0.25, -0.2) is 4.98 Å². The molecular formula is C5H5N11. The molecule has 0 aliphatic rings. The van der Waals surface area contributed by atoms with Gasteiger partial charge in [-0.2, -0.15) is 10.4 Å². The number of rotatable bonds is 2. The van der Waals surface area contributed by atoms with Crippen molar-refractivity contribution < 1.29 is 0 Å². The number of nitrogens with one attached hydrogen (secondary N) is 3. The summed E-state index contributed by atoms with van der Waals surface area (Å²) in [5.41, 5.74) is 6.44. The minimum atomic E-state index is 0.208. The number of imidazole rings is 1. The monoisotopic (exact) mass is 219 g/mol. The molecule has 0 radical (unpaired) electrons. The van der Waals surface area contributed by atoms with Crippen molar-refractivity contribution >= 4 is 5.95 Å². The van der Waals surface area contributed by atoms with E-state index >= 15 is 0 Å². The fourth-order valence-electron chi connectivity index (χ4n) is 1.25. The van der Waals surface area contributed by atoms with Crippen molar-refractivity contribution in [2.24, 2.45) is 0 Å². The number of H-pyrrole nitrogens is 3. The Morgan fingerprint density at radius 3 is 2.25 bits per heavy atom. The second-order valence-electron chi connectivity index (χ2n) is 2.82. The van der Waals surface area contributed by atoms with Gasteiger partial charge in [0.25, 0.3) is 0 Å². The number of tetrazole rings is 2. The average Bonchev–Trinajstić information content (AvgIpc) is 2.98. The molecule has 80 valence electrons. The zero-order valence-corrected chi connectivity index (χ0v) is 7.71. The van der Waals surface area contributed by atoms with E-state index < -0.39 is 0 Å². The normalized spacial score (nSPS) is 10.8. The zero-order chi connectivity index (χ0) is 11.0. The highest BCUT2D eigenvalue weighted by molar-refractivity contribution is 5.71. The number of nitrogens with two attached hydrogens (primary N) is 1.